The van der Waals surface area contributed by atoms with Crippen molar-refractivity contribution in [2.24, 2.45) is 0 Å². The van der Waals surface area contributed by atoms with Gasteiger partial charge in [0.05, 0.1) is 7.11 Å². The van der Waals surface area contributed by atoms with Gasteiger partial charge in [-0.15, -0.1) is 0 Å². The summed E-state index contributed by atoms with van der Waals surface area (Å²) in [7, 11) is 1.52. The molecule has 0 heterocycles. The van der Waals surface area contributed by atoms with E-state index in [9.17, 15) is 4.39 Å². The summed E-state index contributed by atoms with van der Waals surface area (Å²) in [6, 6.07) is 4.91. The van der Waals surface area contributed by atoms with Crippen LogP contribution in [0.15, 0.2) is 18.2 Å². The SMILES string of the molecule is CCN(CCCO)Cc1ccc(OC)cc1F. The number of nitrogens with zero attached hydrogens (tertiary/aromatic N) is 1. The molecule has 0 saturated heterocycles. The first-order valence-electron chi connectivity index (χ1n) is 5.86. The average Bonchev–Trinajstić information content (AvgIpc) is 2.36. The predicted octanol–water partition coefficient (Wildman–Crippen LogP) is 2.04. The Kier molecular flexibility index (Phi) is 5.94. The minimum absolute atomic E-state index is 0.168. The summed E-state index contributed by atoms with van der Waals surface area (Å²) < 4.78 is 18.7. The Balaban J connectivity index is 2.65. The van der Waals surface area contributed by atoms with E-state index in [2.05, 4.69) is 4.90 Å². The van der Waals surface area contributed by atoms with Crippen LogP contribution in [-0.2, 0) is 6.54 Å². The van der Waals surface area contributed by atoms with Gasteiger partial charge in [-0.3, -0.25) is 4.90 Å². The quantitative estimate of drug-likeness (QED) is 0.793. The normalized spacial score (nSPS) is 10.9. The Morgan fingerprint density at radius 3 is 2.71 bits per heavy atom. The molecule has 0 fully saturated rings. The van der Waals surface area contributed by atoms with Gasteiger partial charge in [0.25, 0.3) is 0 Å². The first-order chi connectivity index (χ1) is 8.21. The molecular formula is C13H20FNO2. The van der Waals surface area contributed by atoms with Gasteiger partial charge in [-0.25, -0.2) is 4.39 Å². The number of hydrogen-bond donors (Lipinski definition) is 1. The summed E-state index contributed by atoms with van der Waals surface area (Å²) in [5.41, 5.74) is 0.658. The van der Waals surface area contributed by atoms with Crippen LogP contribution in [0.4, 0.5) is 4.39 Å². The molecule has 0 atom stereocenters. The Hall–Kier alpha value is -1.13. The van der Waals surface area contributed by atoms with Crippen LogP contribution in [0, 0.1) is 5.82 Å². The van der Waals surface area contributed by atoms with Crippen molar-refractivity contribution in [3.8, 4) is 5.75 Å². The molecule has 0 spiro atoms. The monoisotopic (exact) mass is 241 g/mol. The predicted molar refractivity (Wildman–Crippen MR) is 65.6 cm³/mol. The van der Waals surface area contributed by atoms with E-state index in [1.165, 1.54) is 13.2 Å². The zero-order valence-corrected chi connectivity index (χ0v) is 10.4. The van der Waals surface area contributed by atoms with Crippen molar-refractivity contribution in [2.75, 3.05) is 26.8 Å². The third-order valence-corrected chi connectivity index (χ3v) is 2.73. The number of halogens is 1. The van der Waals surface area contributed by atoms with Crippen LogP contribution in [0.25, 0.3) is 0 Å². The molecule has 4 heteroatoms. The lowest BCUT2D eigenvalue weighted by Crippen LogP contribution is -2.25. The minimum atomic E-state index is -0.244. The zero-order valence-electron chi connectivity index (χ0n) is 10.4. The largest absolute Gasteiger partial charge is 0.497 e. The van der Waals surface area contributed by atoms with E-state index in [0.29, 0.717) is 24.3 Å². The lowest BCUT2D eigenvalue weighted by molar-refractivity contribution is 0.223. The molecule has 0 unspecified atom stereocenters. The number of rotatable bonds is 7. The van der Waals surface area contributed by atoms with E-state index in [0.717, 1.165) is 13.1 Å². The standard InChI is InChI=1S/C13H20FNO2/c1-3-15(7-4-8-16)10-11-5-6-12(17-2)9-13(11)14/h5-6,9,16H,3-4,7-8,10H2,1-2H3. The summed E-state index contributed by atoms with van der Waals surface area (Å²) in [5.74, 6) is 0.288. The van der Waals surface area contributed by atoms with Crippen molar-refractivity contribution in [2.45, 2.75) is 19.9 Å². The Morgan fingerprint density at radius 2 is 2.18 bits per heavy atom. The molecule has 1 N–H and O–H groups in total. The number of aliphatic hydroxyl groups excluding tert-OH is 1. The highest BCUT2D eigenvalue weighted by Gasteiger charge is 2.08. The number of hydrogen-bond acceptors (Lipinski definition) is 3. The van der Waals surface area contributed by atoms with Gasteiger partial charge < -0.3 is 9.84 Å². The summed E-state index contributed by atoms with van der Waals surface area (Å²) in [6.45, 7) is 4.37. The molecule has 0 radical (unpaired) electrons. The Morgan fingerprint density at radius 1 is 1.41 bits per heavy atom. The van der Waals surface area contributed by atoms with Gasteiger partial charge in [0.1, 0.15) is 11.6 Å². The molecule has 0 aliphatic rings. The highest BCUT2D eigenvalue weighted by Crippen LogP contribution is 2.17. The maximum absolute atomic E-state index is 13.7. The Bertz CT molecular complexity index is 344. The van der Waals surface area contributed by atoms with Crippen molar-refractivity contribution >= 4 is 0 Å². The molecule has 0 amide bonds. The second-order valence-corrected chi connectivity index (χ2v) is 3.90. The van der Waals surface area contributed by atoms with Crippen LogP contribution in [0.1, 0.15) is 18.9 Å². The van der Waals surface area contributed by atoms with E-state index < -0.39 is 0 Å². The molecule has 1 rings (SSSR count). The highest BCUT2D eigenvalue weighted by atomic mass is 19.1. The molecule has 17 heavy (non-hydrogen) atoms. The molecule has 3 nitrogen and oxygen atoms in total. The fourth-order valence-electron chi connectivity index (χ4n) is 1.67. The van der Waals surface area contributed by atoms with E-state index >= 15 is 0 Å². The van der Waals surface area contributed by atoms with Crippen LogP contribution in [-0.4, -0.2) is 36.8 Å². The maximum atomic E-state index is 13.7. The fourth-order valence-corrected chi connectivity index (χ4v) is 1.67. The van der Waals surface area contributed by atoms with Crippen LogP contribution >= 0.6 is 0 Å². The first kappa shape index (κ1) is 13.9. The third kappa shape index (κ3) is 4.32. The van der Waals surface area contributed by atoms with Crippen molar-refractivity contribution in [1.29, 1.82) is 0 Å². The first-order valence-corrected chi connectivity index (χ1v) is 5.86. The molecule has 96 valence electrons. The summed E-state index contributed by atoms with van der Waals surface area (Å²) in [5, 5.41) is 8.78. The average molecular weight is 241 g/mol. The van der Waals surface area contributed by atoms with Crippen molar-refractivity contribution in [1.82, 2.24) is 4.90 Å². The van der Waals surface area contributed by atoms with E-state index in [4.69, 9.17) is 9.84 Å². The van der Waals surface area contributed by atoms with Crippen molar-refractivity contribution in [3.63, 3.8) is 0 Å². The number of methoxy groups -OCH3 is 1. The molecule has 0 saturated carbocycles. The third-order valence-electron chi connectivity index (χ3n) is 2.73. The van der Waals surface area contributed by atoms with Gasteiger partial charge in [-0.05, 0) is 19.0 Å². The van der Waals surface area contributed by atoms with Crippen molar-refractivity contribution < 1.29 is 14.2 Å². The lowest BCUT2D eigenvalue weighted by atomic mass is 10.2. The number of ether oxygens (including phenoxy) is 1. The molecule has 1 aromatic rings. The maximum Gasteiger partial charge on any atom is 0.131 e. The number of aliphatic hydroxyl groups is 1. The van der Waals surface area contributed by atoms with E-state index in [-0.39, 0.29) is 12.4 Å². The molecule has 0 aromatic heterocycles. The van der Waals surface area contributed by atoms with Crippen molar-refractivity contribution in [3.05, 3.63) is 29.6 Å². The molecule has 1 aromatic carbocycles. The van der Waals surface area contributed by atoms with Gasteiger partial charge in [0, 0.05) is 31.3 Å². The van der Waals surface area contributed by atoms with Crippen LogP contribution in [0.5, 0.6) is 5.75 Å². The van der Waals surface area contributed by atoms with Gasteiger partial charge >= 0.3 is 0 Å². The lowest BCUT2D eigenvalue weighted by Gasteiger charge is -2.20. The van der Waals surface area contributed by atoms with E-state index in [1.54, 1.807) is 12.1 Å². The molecule has 0 bridgehead atoms. The summed E-state index contributed by atoms with van der Waals surface area (Å²) in [4.78, 5) is 2.10. The van der Waals surface area contributed by atoms with Gasteiger partial charge in [0.15, 0.2) is 0 Å². The smallest absolute Gasteiger partial charge is 0.131 e. The second-order valence-electron chi connectivity index (χ2n) is 3.90. The van der Waals surface area contributed by atoms with Gasteiger partial charge in [-0.1, -0.05) is 13.0 Å². The number of benzene rings is 1. The highest BCUT2D eigenvalue weighted by molar-refractivity contribution is 5.28. The molecule has 0 aliphatic carbocycles. The molecular weight excluding hydrogens is 221 g/mol. The summed E-state index contributed by atoms with van der Waals surface area (Å²) >= 11 is 0. The topological polar surface area (TPSA) is 32.7 Å². The van der Waals surface area contributed by atoms with Crippen LogP contribution in [0.3, 0.4) is 0 Å². The van der Waals surface area contributed by atoms with Crippen LogP contribution in [0.2, 0.25) is 0 Å². The zero-order chi connectivity index (χ0) is 12.7. The second kappa shape index (κ2) is 7.25. The fraction of sp³-hybridized carbons (Fsp3) is 0.538. The summed E-state index contributed by atoms with van der Waals surface area (Å²) in [6.07, 6.45) is 0.714. The van der Waals surface area contributed by atoms with Gasteiger partial charge in [0.2, 0.25) is 0 Å². The molecule has 0 aliphatic heterocycles. The minimum Gasteiger partial charge on any atom is -0.497 e. The van der Waals surface area contributed by atoms with E-state index in [1.807, 2.05) is 6.92 Å². The van der Waals surface area contributed by atoms with Crippen LogP contribution < -0.4 is 4.74 Å². The van der Waals surface area contributed by atoms with Gasteiger partial charge in [-0.2, -0.15) is 0 Å². The Labute approximate surface area is 102 Å².